The van der Waals surface area contributed by atoms with Crippen LogP contribution in [0.2, 0.25) is 0 Å². The lowest BCUT2D eigenvalue weighted by Crippen LogP contribution is -2.43. The maximum atomic E-state index is 13.4. The highest BCUT2D eigenvalue weighted by atomic mass is 32.2. The van der Waals surface area contributed by atoms with Gasteiger partial charge in [0.25, 0.3) is 0 Å². The fourth-order valence-corrected chi connectivity index (χ4v) is 6.52. The van der Waals surface area contributed by atoms with Crippen molar-refractivity contribution >= 4 is 27.3 Å². The summed E-state index contributed by atoms with van der Waals surface area (Å²) in [6.45, 7) is 1.88. The Labute approximate surface area is 211 Å². The first-order chi connectivity index (χ1) is 16.9. The second-order valence-electron chi connectivity index (χ2n) is 8.82. The van der Waals surface area contributed by atoms with Crippen molar-refractivity contribution in [3.63, 3.8) is 0 Å². The minimum absolute atomic E-state index is 0.00263. The molecule has 1 saturated heterocycles. The molecule has 2 heterocycles. The average molecular weight is 514 g/mol. The van der Waals surface area contributed by atoms with E-state index in [1.54, 1.807) is 41.7 Å². The minimum atomic E-state index is -3.78. The van der Waals surface area contributed by atoms with Gasteiger partial charge in [0.1, 0.15) is 0 Å². The molecule has 0 bridgehead atoms. The number of nitrogens with one attached hydrogen (secondary N) is 1. The number of likely N-dealkylation sites (tertiary alicyclic amines) is 1. The molecule has 4 rings (SSSR count). The smallest absolute Gasteiger partial charge is 0.243 e. The average Bonchev–Trinajstić information content (AvgIpc) is 3.52. The normalized spacial score (nSPS) is 17.5. The van der Waals surface area contributed by atoms with E-state index in [9.17, 15) is 18.3 Å². The van der Waals surface area contributed by atoms with Crippen LogP contribution in [0, 0.1) is 0 Å². The number of rotatable bonds is 11. The number of amides is 1. The molecular weight excluding hydrogens is 482 g/mol. The van der Waals surface area contributed by atoms with Gasteiger partial charge in [0.05, 0.1) is 17.4 Å². The topological polar surface area (TPSA) is 90.0 Å². The Morgan fingerprint density at radius 1 is 1.09 bits per heavy atom. The number of β-amino-alcohol motifs (C(OH)–C–C–N with tert-alkyl or cyclic N) is 1. The van der Waals surface area contributed by atoms with Crippen LogP contribution in [0.3, 0.4) is 0 Å². The van der Waals surface area contributed by atoms with Gasteiger partial charge in [0.15, 0.2) is 0 Å². The zero-order chi connectivity index (χ0) is 24.7. The van der Waals surface area contributed by atoms with E-state index in [-0.39, 0.29) is 29.9 Å². The fourth-order valence-electron chi connectivity index (χ4n) is 4.33. The molecule has 1 aliphatic rings. The summed E-state index contributed by atoms with van der Waals surface area (Å²) >= 11 is 1.57. The van der Waals surface area contributed by atoms with E-state index in [1.807, 2.05) is 47.8 Å². The molecule has 2 atom stereocenters. The Balaban J connectivity index is 1.35. The molecular formula is C26H31N3O4S2. The Hall–Kier alpha value is -2.56. The van der Waals surface area contributed by atoms with E-state index in [0.717, 1.165) is 23.4 Å². The molecule has 2 N–H and O–H groups in total. The van der Waals surface area contributed by atoms with Gasteiger partial charge in [0.2, 0.25) is 15.9 Å². The lowest BCUT2D eigenvalue weighted by atomic mass is 10.2. The first-order valence-corrected chi connectivity index (χ1v) is 14.0. The summed E-state index contributed by atoms with van der Waals surface area (Å²) in [4.78, 5) is 15.6. The molecule has 2 unspecified atom stereocenters. The van der Waals surface area contributed by atoms with Crippen molar-refractivity contribution in [2.24, 2.45) is 0 Å². The third kappa shape index (κ3) is 7.22. The predicted octanol–water partition coefficient (Wildman–Crippen LogP) is 2.73. The van der Waals surface area contributed by atoms with E-state index < -0.39 is 16.1 Å². The number of aliphatic hydroxyl groups is 1. The first-order valence-electron chi connectivity index (χ1n) is 11.7. The zero-order valence-corrected chi connectivity index (χ0v) is 21.1. The van der Waals surface area contributed by atoms with Crippen molar-refractivity contribution in [3.05, 3.63) is 88.6 Å². The van der Waals surface area contributed by atoms with Crippen LogP contribution in [0.1, 0.15) is 16.9 Å². The second-order valence-corrected chi connectivity index (χ2v) is 11.8. The molecule has 0 spiro atoms. The fraction of sp³-hybridized carbons (Fsp3) is 0.346. The highest BCUT2D eigenvalue weighted by Crippen LogP contribution is 2.20. The number of thiophene rings is 1. The number of sulfonamides is 1. The van der Waals surface area contributed by atoms with E-state index in [1.165, 1.54) is 4.31 Å². The largest absolute Gasteiger partial charge is 0.390 e. The maximum Gasteiger partial charge on any atom is 0.243 e. The van der Waals surface area contributed by atoms with Crippen molar-refractivity contribution in [1.82, 2.24) is 14.5 Å². The third-order valence-corrected chi connectivity index (χ3v) is 8.72. The van der Waals surface area contributed by atoms with Crippen LogP contribution in [0.25, 0.3) is 0 Å². The predicted molar refractivity (Wildman–Crippen MR) is 137 cm³/mol. The third-order valence-electron chi connectivity index (χ3n) is 6.02. The van der Waals surface area contributed by atoms with Crippen molar-refractivity contribution in [1.29, 1.82) is 0 Å². The van der Waals surface area contributed by atoms with Crippen LogP contribution in [0.15, 0.2) is 83.1 Å². The van der Waals surface area contributed by atoms with Crippen LogP contribution in [0.4, 0.5) is 0 Å². The summed E-state index contributed by atoms with van der Waals surface area (Å²) in [6, 6.07) is 21.6. The van der Waals surface area contributed by atoms with E-state index in [0.29, 0.717) is 19.5 Å². The summed E-state index contributed by atoms with van der Waals surface area (Å²) in [6.07, 6.45) is 0.319. The number of hydrogen-bond acceptors (Lipinski definition) is 6. The summed E-state index contributed by atoms with van der Waals surface area (Å²) in [7, 11) is -3.78. The number of benzene rings is 2. The van der Waals surface area contributed by atoms with Gasteiger partial charge in [0, 0.05) is 43.6 Å². The molecule has 7 nitrogen and oxygen atoms in total. The standard InChI is InChI=1S/C26H31N3O4S2/c30-23(19-28-14-13-22(18-28)27-26(31)16-24-10-7-15-34-24)20-29(17-21-8-3-1-4-9-21)35(32,33)25-11-5-2-6-12-25/h1-12,15,22-23,30H,13-14,16-20H2,(H,27,31). The lowest BCUT2D eigenvalue weighted by Gasteiger charge is -2.27. The molecule has 186 valence electrons. The van der Waals surface area contributed by atoms with Gasteiger partial charge in [-0.25, -0.2) is 8.42 Å². The summed E-state index contributed by atoms with van der Waals surface area (Å²) in [5.74, 6) is 0.00263. The Morgan fingerprint density at radius 3 is 2.49 bits per heavy atom. The quantitative estimate of drug-likeness (QED) is 0.412. The SMILES string of the molecule is O=C(Cc1cccs1)NC1CCN(CC(O)CN(Cc2ccccc2)S(=O)(=O)c2ccccc2)C1. The summed E-state index contributed by atoms with van der Waals surface area (Å²) in [5, 5.41) is 15.9. The molecule has 2 aromatic carbocycles. The Kier molecular flexibility index (Phi) is 8.69. The lowest BCUT2D eigenvalue weighted by molar-refractivity contribution is -0.121. The van der Waals surface area contributed by atoms with Gasteiger partial charge in [-0.1, -0.05) is 54.6 Å². The Morgan fingerprint density at radius 2 is 1.80 bits per heavy atom. The Bertz CT molecular complexity index is 1170. The maximum absolute atomic E-state index is 13.4. The monoisotopic (exact) mass is 513 g/mol. The van der Waals surface area contributed by atoms with Crippen molar-refractivity contribution in [2.45, 2.75) is 36.4 Å². The van der Waals surface area contributed by atoms with Gasteiger partial charge in [-0.3, -0.25) is 9.69 Å². The molecule has 1 amide bonds. The molecule has 1 aromatic heterocycles. The van der Waals surface area contributed by atoms with Crippen LogP contribution in [0.5, 0.6) is 0 Å². The molecule has 0 saturated carbocycles. The number of carbonyl (C=O) groups is 1. The zero-order valence-electron chi connectivity index (χ0n) is 19.5. The highest BCUT2D eigenvalue weighted by molar-refractivity contribution is 7.89. The minimum Gasteiger partial charge on any atom is -0.390 e. The van der Waals surface area contributed by atoms with Crippen LogP contribution < -0.4 is 5.32 Å². The molecule has 3 aromatic rings. The molecule has 9 heteroatoms. The van der Waals surface area contributed by atoms with Crippen LogP contribution in [-0.4, -0.2) is 67.0 Å². The highest BCUT2D eigenvalue weighted by Gasteiger charge is 2.30. The van der Waals surface area contributed by atoms with E-state index >= 15 is 0 Å². The van der Waals surface area contributed by atoms with Crippen molar-refractivity contribution in [2.75, 3.05) is 26.2 Å². The van der Waals surface area contributed by atoms with Gasteiger partial charge in [-0.15, -0.1) is 11.3 Å². The summed E-state index contributed by atoms with van der Waals surface area (Å²) in [5.41, 5.74) is 0.855. The van der Waals surface area contributed by atoms with E-state index in [2.05, 4.69) is 10.2 Å². The number of aliphatic hydroxyl groups excluding tert-OH is 1. The molecule has 0 radical (unpaired) electrons. The van der Waals surface area contributed by atoms with Crippen molar-refractivity contribution in [3.8, 4) is 0 Å². The molecule has 1 aliphatic heterocycles. The van der Waals surface area contributed by atoms with Crippen LogP contribution in [-0.2, 0) is 27.8 Å². The second kappa shape index (κ2) is 11.9. The number of hydrogen-bond donors (Lipinski definition) is 2. The molecule has 1 fully saturated rings. The van der Waals surface area contributed by atoms with Gasteiger partial charge in [-0.2, -0.15) is 4.31 Å². The summed E-state index contributed by atoms with van der Waals surface area (Å²) < 4.78 is 28.1. The number of carbonyl (C=O) groups excluding carboxylic acids is 1. The van der Waals surface area contributed by atoms with Crippen molar-refractivity contribution < 1.29 is 18.3 Å². The van der Waals surface area contributed by atoms with Gasteiger partial charge >= 0.3 is 0 Å². The van der Waals surface area contributed by atoms with E-state index in [4.69, 9.17) is 0 Å². The molecule has 0 aliphatic carbocycles. The van der Waals surface area contributed by atoms with Gasteiger partial charge < -0.3 is 10.4 Å². The number of nitrogens with zero attached hydrogens (tertiary/aromatic N) is 2. The van der Waals surface area contributed by atoms with Gasteiger partial charge in [-0.05, 0) is 35.6 Å². The molecule has 35 heavy (non-hydrogen) atoms. The van der Waals surface area contributed by atoms with Crippen LogP contribution >= 0.6 is 11.3 Å². The first kappa shape index (κ1) is 25.5.